The van der Waals surface area contributed by atoms with Crippen molar-refractivity contribution >= 4 is 23.5 Å². The first-order valence-electron chi connectivity index (χ1n) is 7.58. The van der Waals surface area contributed by atoms with E-state index in [1.165, 1.54) is 32.6 Å². The molecule has 1 atom stereocenters. The molecule has 0 aliphatic rings. The number of hydrogen-bond donors (Lipinski definition) is 2. The van der Waals surface area contributed by atoms with Gasteiger partial charge in [-0.3, -0.25) is 9.59 Å². The first-order valence-corrected chi connectivity index (χ1v) is 8.01. The lowest BCUT2D eigenvalue weighted by atomic mass is 10.2. The van der Waals surface area contributed by atoms with Gasteiger partial charge in [0.05, 0.1) is 0 Å². The van der Waals surface area contributed by atoms with Gasteiger partial charge >= 0.3 is 11.9 Å². The van der Waals surface area contributed by atoms with E-state index in [0.29, 0.717) is 6.61 Å². The van der Waals surface area contributed by atoms with E-state index in [9.17, 15) is 9.59 Å². The molecule has 21 heavy (non-hydrogen) atoms. The molecule has 0 aliphatic heterocycles. The van der Waals surface area contributed by atoms with Crippen molar-refractivity contribution < 1.29 is 24.5 Å². The van der Waals surface area contributed by atoms with Crippen LogP contribution >= 0.6 is 11.6 Å². The Balaban J connectivity index is 0. The van der Waals surface area contributed by atoms with Crippen LogP contribution in [-0.2, 0) is 14.3 Å². The van der Waals surface area contributed by atoms with Crippen molar-refractivity contribution in [1.29, 1.82) is 0 Å². The highest BCUT2D eigenvalue weighted by Gasteiger charge is 2.02. The molecule has 0 aromatic carbocycles. The summed E-state index contributed by atoms with van der Waals surface area (Å²) in [6.45, 7) is 5.15. The Morgan fingerprint density at radius 2 is 1.48 bits per heavy atom. The molecular formula is C15H29ClO5. The number of carbonyl (C=O) groups is 2. The summed E-state index contributed by atoms with van der Waals surface area (Å²) in [4.78, 5) is 19.8. The van der Waals surface area contributed by atoms with Gasteiger partial charge in [0.25, 0.3) is 0 Å². The van der Waals surface area contributed by atoms with Crippen molar-refractivity contribution in [3.05, 3.63) is 0 Å². The zero-order chi connectivity index (χ0) is 16.5. The van der Waals surface area contributed by atoms with Crippen molar-refractivity contribution in [3.8, 4) is 0 Å². The molecule has 0 radical (unpaired) electrons. The second-order valence-electron chi connectivity index (χ2n) is 4.83. The Bertz CT molecular complexity index is 256. The number of ether oxygens (including phenoxy) is 1. The zero-order valence-corrected chi connectivity index (χ0v) is 13.9. The average molecular weight is 325 g/mol. The summed E-state index contributed by atoms with van der Waals surface area (Å²) < 4.78 is 5.40. The molecule has 0 aliphatic carbocycles. The van der Waals surface area contributed by atoms with Crippen LogP contribution in [0, 0.1) is 0 Å². The van der Waals surface area contributed by atoms with Gasteiger partial charge in [0.15, 0.2) is 0 Å². The van der Waals surface area contributed by atoms with Crippen molar-refractivity contribution in [1.82, 2.24) is 0 Å². The van der Waals surface area contributed by atoms with Crippen molar-refractivity contribution in [2.45, 2.75) is 70.6 Å². The average Bonchev–Trinajstić information content (AvgIpc) is 2.41. The van der Waals surface area contributed by atoms with Gasteiger partial charge in [0.2, 0.25) is 0 Å². The Morgan fingerprint density at radius 3 is 1.90 bits per heavy atom. The highest BCUT2D eigenvalue weighted by molar-refractivity contribution is 6.29. The lowest BCUT2D eigenvalue weighted by molar-refractivity contribution is -0.137. The SMILES string of the molecule is CC(Cl)C(=O)O.CCCCCCCOCCCCC(=O)O. The summed E-state index contributed by atoms with van der Waals surface area (Å²) in [7, 11) is 0. The maximum Gasteiger partial charge on any atom is 0.321 e. The summed E-state index contributed by atoms with van der Waals surface area (Å²) >= 11 is 5.01. The van der Waals surface area contributed by atoms with Crippen LogP contribution in [-0.4, -0.2) is 40.7 Å². The first-order chi connectivity index (χ1) is 9.91. The Morgan fingerprint density at radius 1 is 1.00 bits per heavy atom. The monoisotopic (exact) mass is 324 g/mol. The normalized spacial score (nSPS) is 11.4. The van der Waals surface area contributed by atoms with Gasteiger partial charge in [-0.05, 0) is 26.2 Å². The van der Waals surface area contributed by atoms with Crippen LogP contribution in [0.25, 0.3) is 0 Å². The summed E-state index contributed by atoms with van der Waals surface area (Å²) in [5.41, 5.74) is 0. The van der Waals surface area contributed by atoms with E-state index in [1.54, 1.807) is 0 Å². The van der Waals surface area contributed by atoms with Gasteiger partial charge in [0, 0.05) is 19.6 Å². The molecule has 2 N–H and O–H groups in total. The zero-order valence-electron chi connectivity index (χ0n) is 13.1. The minimum absolute atomic E-state index is 0.264. The summed E-state index contributed by atoms with van der Waals surface area (Å²) in [6.07, 6.45) is 8.14. The van der Waals surface area contributed by atoms with Crippen molar-refractivity contribution in [2.75, 3.05) is 13.2 Å². The fourth-order valence-electron chi connectivity index (χ4n) is 1.39. The lowest BCUT2D eigenvalue weighted by Gasteiger charge is -2.03. The number of carboxylic acid groups (broad SMARTS) is 2. The number of alkyl halides is 1. The van der Waals surface area contributed by atoms with E-state index in [0.717, 1.165) is 25.9 Å². The number of carboxylic acids is 2. The maximum absolute atomic E-state index is 10.2. The van der Waals surface area contributed by atoms with E-state index < -0.39 is 17.3 Å². The largest absolute Gasteiger partial charge is 0.481 e. The Labute approximate surface area is 132 Å². The van der Waals surface area contributed by atoms with Gasteiger partial charge in [-0.2, -0.15) is 0 Å². The minimum Gasteiger partial charge on any atom is -0.481 e. The molecule has 0 saturated carbocycles. The van der Waals surface area contributed by atoms with E-state index in [1.807, 2.05) is 0 Å². The van der Waals surface area contributed by atoms with Gasteiger partial charge in [-0.25, -0.2) is 0 Å². The highest BCUT2D eigenvalue weighted by Crippen LogP contribution is 2.03. The van der Waals surface area contributed by atoms with E-state index in [4.69, 9.17) is 26.6 Å². The second-order valence-corrected chi connectivity index (χ2v) is 5.49. The smallest absolute Gasteiger partial charge is 0.321 e. The number of unbranched alkanes of at least 4 members (excludes halogenated alkanes) is 5. The molecule has 126 valence electrons. The molecule has 0 spiro atoms. The molecule has 0 fully saturated rings. The molecule has 0 saturated heterocycles. The molecule has 1 unspecified atom stereocenters. The number of hydrogen-bond acceptors (Lipinski definition) is 3. The molecule has 0 amide bonds. The standard InChI is InChI=1S/C12H24O3.C3H5ClO2/c1-2-3-4-5-7-10-15-11-8-6-9-12(13)14;1-2(4)3(5)6/h2-11H2,1H3,(H,13,14);2H,1H3,(H,5,6). The van der Waals surface area contributed by atoms with Crippen LogP contribution in [0.5, 0.6) is 0 Å². The Hall–Kier alpha value is -0.810. The second kappa shape index (κ2) is 17.2. The molecule has 0 aromatic heterocycles. The van der Waals surface area contributed by atoms with Gasteiger partial charge in [-0.1, -0.05) is 32.6 Å². The molecule has 0 bridgehead atoms. The summed E-state index contributed by atoms with van der Waals surface area (Å²) in [5, 5.41) is 15.5. The fraction of sp³-hybridized carbons (Fsp3) is 0.867. The number of rotatable bonds is 12. The molecule has 0 rings (SSSR count). The fourth-order valence-corrected chi connectivity index (χ4v) is 1.39. The minimum atomic E-state index is -0.975. The predicted octanol–water partition coefficient (Wildman–Crippen LogP) is 3.93. The predicted molar refractivity (Wildman–Crippen MR) is 84.0 cm³/mol. The van der Waals surface area contributed by atoms with Crippen LogP contribution in [0.1, 0.15) is 65.2 Å². The van der Waals surface area contributed by atoms with Crippen LogP contribution in [0.2, 0.25) is 0 Å². The topological polar surface area (TPSA) is 83.8 Å². The van der Waals surface area contributed by atoms with E-state index in [2.05, 4.69) is 6.92 Å². The lowest BCUT2D eigenvalue weighted by Crippen LogP contribution is -2.06. The van der Waals surface area contributed by atoms with Crippen LogP contribution < -0.4 is 0 Å². The molecule has 0 heterocycles. The maximum atomic E-state index is 10.2. The molecule has 5 nitrogen and oxygen atoms in total. The van der Waals surface area contributed by atoms with E-state index in [-0.39, 0.29) is 6.42 Å². The number of aliphatic carboxylic acids is 2. The van der Waals surface area contributed by atoms with Crippen LogP contribution in [0.3, 0.4) is 0 Å². The van der Waals surface area contributed by atoms with E-state index >= 15 is 0 Å². The Kier molecular flexibility index (Phi) is 18.4. The molecule has 6 heteroatoms. The van der Waals surface area contributed by atoms with Crippen molar-refractivity contribution in [3.63, 3.8) is 0 Å². The quantitative estimate of drug-likeness (QED) is 0.420. The van der Waals surface area contributed by atoms with Gasteiger partial charge < -0.3 is 14.9 Å². The third kappa shape index (κ3) is 24.6. The third-order valence-corrected chi connectivity index (χ3v) is 2.85. The summed E-state index contributed by atoms with van der Waals surface area (Å²) in [6, 6.07) is 0. The number of halogens is 1. The van der Waals surface area contributed by atoms with Crippen molar-refractivity contribution in [2.24, 2.45) is 0 Å². The molecule has 0 aromatic rings. The van der Waals surface area contributed by atoms with Crippen LogP contribution in [0.4, 0.5) is 0 Å². The summed E-state index contributed by atoms with van der Waals surface area (Å²) in [5.74, 6) is -1.69. The van der Waals surface area contributed by atoms with Gasteiger partial charge in [-0.15, -0.1) is 11.6 Å². The van der Waals surface area contributed by atoms with Crippen LogP contribution in [0.15, 0.2) is 0 Å². The third-order valence-electron chi connectivity index (χ3n) is 2.66. The highest BCUT2D eigenvalue weighted by atomic mass is 35.5. The van der Waals surface area contributed by atoms with Gasteiger partial charge in [0.1, 0.15) is 5.38 Å². The molecular weight excluding hydrogens is 296 g/mol. The first kappa shape index (κ1) is 22.5.